The fourth-order valence-electron chi connectivity index (χ4n) is 4.03. The van der Waals surface area contributed by atoms with E-state index in [1.54, 1.807) is 49.8 Å². The maximum absolute atomic E-state index is 13.2. The van der Waals surface area contributed by atoms with Gasteiger partial charge in [-0.2, -0.15) is 0 Å². The van der Waals surface area contributed by atoms with Gasteiger partial charge < -0.3 is 9.84 Å². The summed E-state index contributed by atoms with van der Waals surface area (Å²) in [4.78, 5) is 36.6. The first kappa shape index (κ1) is 20.8. The number of anilines is 1. The predicted molar refractivity (Wildman–Crippen MR) is 126 cm³/mol. The van der Waals surface area contributed by atoms with Gasteiger partial charge in [0.05, 0.1) is 28.9 Å². The molecule has 4 aromatic rings. The number of pyridine rings is 1. The van der Waals surface area contributed by atoms with Crippen molar-refractivity contribution in [1.82, 2.24) is 9.97 Å². The summed E-state index contributed by atoms with van der Waals surface area (Å²) in [5, 5.41) is 11.6. The molecule has 2 aromatic heterocycles. The van der Waals surface area contributed by atoms with E-state index in [9.17, 15) is 14.7 Å². The lowest BCUT2D eigenvalue weighted by Crippen LogP contribution is -2.29. The van der Waals surface area contributed by atoms with Gasteiger partial charge in [-0.1, -0.05) is 29.5 Å². The van der Waals surface area contributed by atoms with Crippen LogP contribution in [0.5, 0.6) is 5.75 Å². The molecule has 33 heavy (non-hydrogen) atoms. The van der Waals surface area contributed by atoms with Crippen molar-refractivity contribution in [2.45, 2.75) is 13.0 Å². The number of Topliss-reactive ketones (excluding diaryl/α,β-unsaturated/α-hetero) is 1. The summed E-state index contributed by atoms with van der Waals surface area (Å²) >= 11 is 1.32. The molecule has 1 aliphatic rings. The first-order chi connectivity index (χ1) is 16.0. The summed E-state index contributed by atoms with van der Waals surface area (Å²) in [5.41, 5.74) is 2.54. The quantitative estimate of drug-likeness (QED) is 0.273. The monoisotopic (exact) mass is 457 g/mol. The molecule has 1 unspecified atom stereocenters. The summed E-state index contributed by atoms with van der Waals surface area (Å²) in [6.07, 6.45) is 3.20. The minimum Gasteiger partial charge on any atom is -0.507 e. The van der Waals surface area contributed by atoms with Crippen LogP contribution in [0, 0.1) is 6.92 Å². The second-order valence-corrected chi connectivity index (χ2v) is 8.61. The van der Waals surface area contributed by atoms with Crippen LogP contribution in [0.1, 0.15) is 22.7 Å². The van der Waals surface area contributed by atoms with Gasteiger partial charge in [0.25, 0.3) is 5.78 Å². The van der Waals surface area contributed by atoms with Gasteiger partial charge in [0.15, 0.2) is 5.13 Å². The zero-order valence-electron chi connectivity index (χ0n) is 17.9. The van der Waals surface area contributed by atoms with Crippen LogP contribution in [-0.4, -0.2) is 33.9 Å². The Kier molecular flexibility index (Phi) is 5.14. The Hall–Kier alpha value is -4.04. The number of methoxy groups -OCH3 is 1. The molecular formula is C25H19N3O4S. The molecule has 8 heteroatoms. The molecule has 1 amide bonds. The van der Waals surface area contributed by atoms with Crippen molar-refractivity contribution < 1.29 is 19.4 Å². The molecule has 7 nitrogen and oxygen atoms in total. The number of nitrogens with zero attached hydrogens (tertiary/aromatic N) is 3. The van der Waals surface area contributed by atoms with Crippen molar-refractivity contribution in [1.29, 1.82) is 0 Å². The lowest BCUT2D eigenvalue weighted by atomic mass is 9.96. The van der Waals surface area contributed by atoms with Crippen LogP contribution in [0.4, 0.5) is 5.13 Å². The van der Waals surface area contributed by atoms with Gasteiger partial charge in [-0.15, -0.1) is 0 Å². The average Bonchev–Trinajstić information content (AvgIpc) is 3.37. The summed E-state index contributed by atoms with van der Waals surface area (Å²) in [5.74, 6) is -1.11. The average molecular weight is 458 g/mol. The third-order valence-electron chi connectivity index (χ3n) is 5.60. The number of aryl methyl sites for hydroxylation is 1. The molecule has 5 rings (SSSR count). The number of aromatic nitrogens is 2. The second kappa shape index (κ2) is 8.14. The van der Waals surface area contributed by atoms with Gasteiger partial charge in [-0.25, -0.2) is 4.98 Å². The van der Waals surface area contributed by atoms with Gasteiger partial charge in [0, 0.05) is 18.0 Å². The number of carbonyl (C=O) groups is 2. The van der Waals surface area contributed by atoms with Crippen LogP contribution in [0.25, 0.3) is 16.0 Å². The smallest absolute Gasteiger partial charge is 0.301 e. The molecule has 2 aromatic carbocycles. The Morgan fingerprint density at radius 3 is 2.64 bits per heavy atom. The lowest BCUT2D eigenvalue weighted by molar-refractivity contribution is -0.132. The molecule has 0 saturated carbocycles. The third-order valence-corrected chi connectivity index (χ3v) is 6.64. The standard InChI is InChI=1S/C25H19N3O4S/c1-14-12-15(9-10-18(14)32-2)22(29)20-21(16-6-5-11-26-13-16)28(24(31)23(20)30)25-27-17-7-3-4-8-19(17)33-25/h3-13,21,29H,1-2H3/b22-20+. The molecule has 0 aliphatic carbocycles. The van der Waals surface area contributed by atoms with E-state index in [-0.39, 0.29) is 11.3 Å². The van der Waals surface area contributed by atoms with Crippen molar-refractivity contribution in [3.05, 3.63) is 89.3 Å². The van der Waals surface area contributed by atoms with Crippen LogP contribution >= 0.6 is 11.3 Å². The van der Waals surface area contributed by atoms with E-state index < -0.39 is 17.7 Å². The number of rotatable bonds is 4. The number of para-hydroxylation sites is 1. The van der Waals surface area contributed by atoms with E-state index in [1.165, 1.54) is 16.2 Å². The Morgan fingerprint density at radius 2 is 1.94 bits per heavy atom. The van der Waals surface area contributed by atoms with E-state index in [2.05, 4.69) is 9.97 Å². The van der Waals surface area contributed by atoms with E-state index in [1.807, 2.05) is 31.2 Å². The minimum absolute atomic E-state index is 0.00294. The van der Waals surface area contributed by atoms with Crippen molar-refractivity contribution >= 4 is 44.1 Å². The van der Waals surface area contributed by atoms with Crippen molar-refractivity contribution in [2.75, 3.05) is 12.0 Å². The van der Waals surface area contributed by atoms with Crippen molar-refractivity contribution in [3.63, 3.8) is 0 Å². The topological polar surface area (TPSA) is 92.6 Å². The Balaban J connectivity index is 1.72. The Morgan fingerprint density at radius 1 is 1.12 bits per heavy atom. The summed E-state index contributed by atoms with van der Waals surface area (Å²) in [6.45, 7) is 1.84. The third kappa shape index (κ3) is 3.44. The molecule has 0 spiro atoms. The molecule has 164 valence electrons. The largest absolute Gasteiger partial charge is 0.507 e. The highest BCUT2D eigenvalue weighted by Gasteiger charge is 2.48. The number of carbonyl (C=O) groups excluding carboxylic acids is 2. The normalized spacial score (nSPS) is 17.6. The number of amides is 1. The maximum Gasteiger partial charge on any atom is 0.301 e. The number of hydrogen-bond acceptors (Lipinski definition) is 7. The molecular weight excluding hydrogens is 438 g/mol. The number of aliphatic hydroxyl groups excluding tert-OH is 1. The van der Waals surface area contributed by atoms with Gasteiger partial charge in [0.1, 0.15) is 11.5 Å². The predicted octanol–water partition coefficient (Wildman–Crippen LogP) is 4.63. The fourth-order valence-corrected chi connectivity index (χ4v) is 5.02. The molecule has 1 N–H and O–H groups in total. The first-order valence-corrected chi connectivity index (χ1v) is 11.0. The number of hydrogen-bond donors (Lipinski definition) is 1. The van der Waals surface area contributed by atoms with Crippen LogP contribution < -0.4 is 9.64 Å². The van der Waals surface area contributed by atoms with Crippen molar-refractivity contribution in [3.8, 4) is 5.75 Å². The zero-order valence-corrected chi connectivity index (χ0v) is 18.7. The molecule has 1 fully saturated rings. The van der Waals surface area contributed by atoms with E-state index in [0.29, 0.717) is 22.0 Å². The van der Waals surface area contributed by atoms with Crippen LogP contribution in [0.3, 0.4) is 0 Å². The summed E-state index contributed by atoms with van der Waals surface area (Å²) in [7, 11) is 1.56. The highest BCUT2D eigenvalue weighted by atomic mass is 32.1. The number of benzene rings is 2. The molecule has 1 atom stereocenters. The number of ether oxygens (including phenoxy) is 1. The van der Waals surface area contributed by atoms with Gasteiger partial charge in [-0.05, 0) is 54.4 Å². The zero-order chi connectivity index (χ0) is 23.1. The van der Waals surface area contributed by atoms with Crippen LogP contribution in [0.2, 0.25) is 0 Å². The highest BCUT2D eigenvalue weighted by molar-refractivity contribution is 7.22. The van der Waals surface area contributed by atoms with Gasteiger partial charge >= 0.3 is 5.91 Å². The van der Waals surface area contributed by atoms with Crippen molar-refractivity contribution in [2.24, 2.45) is 0 Å². The number of aliphatic hydroxyl groups is 1. The van der Waals surface area contributed by atoms with E-state index in [0.717, 1.165) is 15.8 Å². The van der Waals surface area contributed by atoms with Crippen LogP contribution in [0.15, 0.2) is 72.6 Å². The van der Waals surface area contributed by atoms with Gasteiger partial charge in [-0.3, -0.25) is 19.5 Å². The Bertz CT molecular complexity index is 1400. The van der Waals surface area contributed by atoms with E-state index in [4.69, 9.17) is 4.74 Å². The molecule has 1 aliphatic heterocycles. The Labute approximate surface area is 193 Å². The number of ketones is 1. The fraction of sp³-hybridized carbons (Fsp3) is 0.120. The summed E-state index contributed by atoms with van der Waals surface area (Å²) < 4.78 is 6.19. The highest BCUT2D eigenvalue weighted by Crippen LogP contribution is 2.44. The van der Waals surface area contributed by atoms with Gasteiger partial charge in [0.2, 0.25) is 0 Å². The minimum atomic E-state index is -0.860. The SMILES string of the molecule is COc1ccc(/C(O)=C2\C(=O)C(=O)N(c3nc4ccccc4s3)C2c2cccnc2)cc1C. The molecule has 0 bridgehead atoms. The second-order valence-electron chi connectivity index (χ2n) is 7.60. The van der Waals surface area contributed by atoms with Crippen LogP contribution in [-0.2, 0) is 9.59 Å². The summed E-state index contributed by atoms with van der Waals surface area (Å²) in [6, 6.07) is 15.3. The number of thiazole rings is 1. The van der Waals surface area contributed by atoms with E-state index >= 15 is 0 Å². The molecule has 0 radical (unpaired) electrons. The molecule has 1 saturated heterocycles. The first-order valence-electron chi connectivity index (χ1n) is 10.2. The molecule has 3 heterocycles. The lowest BCUT2D eigenvalue weighted by Gasteiger charge is -2.22. The number of fused-ring (bicyclic) bond motifs is 1. The maximum atomic E-state index is 13.2.